The number of nitriles is 1. The Morgan fingerprint density at radius 3 is 2.59 bits per heavy atom. The summed E-state index contributed by atoms with van der Waals surface area (Å²) < 4.78 is 0. The summed E-state index contributed by atoms with van der Waals surface area (Å²) in [6, 6.07) is 6.17. The molecule has 0 aliphatic heterocycles. The van der Waals surface area contributed by atoms with E-state index in [4.69, 9.17) is 5.26 Å². The highest BCUT2D eigenvalue weighted by Crippen LogP contribution is 2.29. The van der Waals surface area contributed by atoms with Gasteiger partial charge in [0.2, 0.25) is 0 Å². The Morgan fingerprint density at radius 1 is 1.29 bits per heavy atom. The number of thiazole rings is 1. The minimum Gasteiger partial charge on any atom is -0.265 e. The number of hydrogen-bond acceptors (Lipinski definition) is 4. The van der Waals surface area contributed by atoms with E-state index in [1.54, 1.807) is 23.7 Å². The fraction of sp³-hybridized carbons (Fsp3) is 0.308. The van der Waals surface area contributed by atoms with Crippen molar-refractivity contribution in [1.29, 1.82) is 5.26 Å². The first-order valence-electron chi connectivity index (χ1n) is 5.48. The van der Waals surface area contributed by atoms with Crippen LogP contribution in [0.15, 0.2) is 29.9 Å². The third-order valence-corrected chi connectivity index (χ3v) is 3.50. The summed E-state index contributed by atoms with van der Waals surface area (Å²) in [4.78, 5) is 8.52. The maximum atomic E-state index is 9.14. The SMILES string of the molecule is CC(C)C(C#N)c1nc(-c2ccncc2)cs1. The zero-order chi connectivity index (χ0) is 12.3. The molecule has 0 radical (unpaired) electrons. The summed E-state index contributed by atoms with van der Waals surface area (Å²) in [6.07, 6.45) is 3.50. The van der Waals surface area contributed by atoms with Crippen molar-refractivity contribution in [3.63, 3.8) is 0 Å². The minimum absolute atomic E-state index is 0.115. The lowest BCUT2D eigenvalue weighted by molar-refractivity contribution is 0.585. The van der Waals surface area contributed by atoms with Gasteiger partial charge in [-0.3, -0.25) is 4.98 Å². The van der Waals surface area contributed by atoms with Crippen LogP contribution in [0, 0.1) is 17.2 Å². The molecule has 0 N–H and O–H groups in total. The Bertz CT molecular complexity index is 525. The Balaban J connectivity index is 2.31. The first kappa shape index (κ1) is 11.7. The first-order chi connectivity index (χ1) is 8.22. The standard InChI is InChI=1S/C13H13N3S/c1-9(2)11(7-14)13-16-12(8-17-13)10-3-5-15-6-4-10/h3-6,8-9,11H,1-2H3. The van der Waals surface area contributed by atoms with Gasteiger partial charge in [0.15, 0.2) is 0 Å². The second-order valence-electron chi connectivity index (χ2n) is 4.16. The predicted octanol–water partition coefficient (Wildman–Crippen LogP) is 3.47. The molecule has 0 aliphatic carbocycles. The van der Waals surface area contributed by atoms with E-state index in [-0.39, 0.29) is 11.8 Å². The van der Waals surface area contributed by atoms with Gasteiger partial charge in [-0.05, 0) is 18.1 Å². The van der Waals surface area contributed by atoms with Crippen molar-refractivity contribution >= 4 is 11.3 Å². The van der Waals surface area contributed by atoms with Crippen LogP contribution in [0.1, 0.15) is 24.8 Å². The molecule has 3 nitrogen and oxygen atoms in total. The molecule has 1 atom stereocenters. The van der Waals surface area contributed by atoms with Crippen LogP contribution in [0.4, 0.5) is 0 Å². The van der Waals surface area contributed by atoms with Gasteiger partial charge >= 0.3 is 0 Å². The maximum absolute atomic E-state index is 9.14. The van der Waals surface area contributed by atoms with Gasteiger partial charge in [-0.15, -0.1) is 11.3 Å². The lowest BCUT2D eigenvalue weighted by Crippen LogP contribution is -2.03. The van der Waals surface area contributed by atoms with Crippen molar-refractivity contribution in [1.82, 2.24) is 9.97 Å². The van der Waals surface area contributed by atoms with Gasteiger partial charge in [-0.1, -0.05) is 13.8 Å². The van der Waals surface area contributed by atoms with Gasteiger partial charge in [0.1, 0.15) is 10.9 Å². The average Bonchev–Trinajstić information content (AvgIpc) is 2.80. The van der Waals surface area contributed by atoms with E-state index < -0.39 is 0 Å². The number of hydrogen-bond donors (Lipinski definition) is 0. The summed E-state index contributed by atoms with van der Waals surface area (Å²) >= 11 is 1.55. The second kappa shape index (κ2) is 5.07. The Hall–Kier alpha value is -1.73. The van der Waals surface area contributed by atoms with Crippen LogP contribution < -0.4 is 0 Å². The van der Waals surface area contributed by atoms with Crippen molar-refractivity contribution in [3.05, 3.63) is 34.9 Å². The van der Waals surface area contributed by atoms with E-state index in [0.29, 0.717) is 0 Å². The molecule has 2 aromatic rings. The van der Waals surface area contributed by atoms with Crippen molar-refractivity contribution in [2.75, 3.05) is 0 Å². The molecular weight excluding hydrogens is 230 g/mol. The van der Waals surface area contributed by atoms with E-state index >= 15 is 0 Å². The average molecular weight is 243 g/mol. The number of aromatic nitrogens is 2. The van der Waals surface area contributed by atoms with E-state index in [1.165, 1.54) is 0 Å². The Morgan fingerprint density at radius 2 is 2.00 bits per heavy atom. The molecule has 2 heterocycles. The van der Waals surface area contributed by atoms with Crippen LogP contribution in [-0.4, -0.2) is 9.97 Å². The maximum Gasteiger partial charge on any atom is 0.111 e. The van der Waals surface area contributed by atoms with Crippen LogP contribution in [0.25, 0.3) is 11.3 Å². The van der Waals surface area contributed by atoms with Crippen molar-refractivity contribution in [2.24, 2.45) is 5.92 Å². The monoisotopic (exact) mass is 243 g/mol. The van der Waals surface area contributed by atoms with Crippen LogP contribution in [0.2, 0.25) is 0 Å². The molecule has 0 aliphatic rings. The fourth-order valence-electron chi connectivity index (χ4n) is 1.58. The zero-order valence-electron chi connectivity index (χ0n) is 9.79. The molecule has 0 saturated heterocycles. The van der Waals surface area contributed by atoms with E-state index in [2.05, 4.69) is 16.0 Å². The van der Waals surface area contributed by atoms with Crippen molar-refractivity contribution in [2.45, 2.75) is 19.8 Å². The van der Waals surface area contributed by atoms with Gasteiger partial charge in [0.25, 0.3) is 0 Å². The lowest BCUT2D eigenvalue weighted by Gasteiger charge is -2.08. The number of nitrogens with zero attached hydrogens (tertiary/aromatic N) is 3. The molecule has 2 aromatic heterocycles. The van der Waals surface area contributed by atoms with E-state index in [9.17, 15) is 0 Å². The summed E-state index contributed by atoms with van der Waals surface area (Å²) in [6.45, 7) is 4.09. The molecule has 0 aromatic carbocycles. The van der Waals surface area contributed by atoms with Gasteiger partial charge in [-0.2, -0.15) is 5.26 Å². The first-order valence-corrected chi connectivity index (χ1v) is 6.35. The molecule has 0 spiro atoms. The van der Waals surface area contributed by atoms with Gasteiger partial charge in [-0.25, -0.2) is 4.98 Å². The molecule has 0 saturated carbocycles. The lowest BCUT2D eigenvalue weighted by atomic mass is 9.98. The summed E-state index contributed by atoms with van der Waals surface area (Å²) in [5.74, 6) is 0.173. The third kappa shape index (κ3) is 2.51. The number of pyridine rings is 1. The summed E-state index contributed by atoms with van der Waals surface area (Å²) in [7, 11) is 0. The van der Waals surface area contributed by atoms with Gasteiger partial charge in [0.05, 0.1) is 11.8 Å². The minimum atomic E-state index is -0.115. The second-order valence-corrected chi connectivity index (χ2v) is 5.05. The third-order valence-electron chi connectivity index (χ3n) is 2.57. The summed E-state index contributed by atoms with van der Waals surface area (Å²) in [5, 5.41) is 12.0. The van der Waals surface area contributed by atoms with Gasteiger partial charge in [0, 0.05) is 23.3 Å². The molecule has 17 heavy (non-hydrogen) atoms. The molecule has 0 fully saturated rings. The highest BCUT2D eigenvalue weighted by molar-refractivity contribution is 7.10. The molecule has 1 unspecified atom stereocenters. The van der Waals surface area contributed by atoms with Gasteiger partial charge < -0.3 is 0 Å². The van der Waals surface area contributed by atoms with Crippen molar-refractivity contribution in [3.8, 4) is 17.3 Å². The molecule has 86 valence electrons. The van der Waals surface area contributed by atoms with Crippen LogP contribution in [-0.2, 0) is 0 Å². The smallest absolute Gasteiger partial charge is 0.111 e. The fourth-order valence-corrected chi connectivity index (χ4v) is 2.62. The predicted molar refractivity (Wildman–Crippen MR) is 68.5 cm³/mol. The van der Waals surface area contributed by atoms with Crippen LogP contribution >= 0.6 is 11.3 Å². The largest absolute Gasteiger partial charge is 0.265 e. The highest BCUT2D eigenvalue weighted by Gasteiger charge is 2.19. The molecule has 4 heteroatoms. The quantitative estimate of drug-likeness (QED) is 0.829. The highest BCUT2D eigenvalue weighted by atomic mass is 32.1. The number of rotatable bonds is 3. The molecule has 2 rings (SSSR count). The summed E-state index contributed by atoms with van der Waals surface area (Å²) in [5.41, 5.74) is 1.97. The van der Waals surface area contributed by atoms with E-state index in [1.807, 2.05) is 31.4 Å². The zero-order valence-corrected chi connectivity index (χ0v) is 10.6. The molecular formula is C13H13N3S. The molecule has 0 bridgehead atoms. The Kier molecular flexibility index (Phi) is 3.50. The Labute approximate surface area is 105 Å². The van der Waals surface area contributed by atoms with Crippen LogP contribution in [0.5, 0.6) is 0 Å². The van der Waals surface area contributed by atoms with E-state index in [0.717, 1.165) is 16.3 Å². The topological polar surface area (TPSA) is 49.6 Å². The molecule has 0 amide bonds. The normalized spacial score (nSPS) is 12.4. The van der Waals surface area contributed by atoms with Crippen molar-refractivity contribution < 1.29 is 0 Å². The van der Waals surface area contributed by atoms with Crippen LogP contribution in [0.3, 0.4) is 0 Å².